The van der Waals surface area contributed by atoms with Gasteiger partial charge in [-0.2, -0.15) is 0 Å². The van der Waals surface area contributed by atoms with Crippen molar-refractivity contribution >= 4 is 46.4 Å². The van der Waals surface area contributed by atoms with E-state index in [4.69, 9.17) is 9.57 Å². The number of hydrogen-bond donors (Lipinski definition) is 1. The Morgan fingerprint density at radius 3 is 2.47 bits per heavy atom. The number of aliphatic carboxylic acids is 1. The van der Waals surface area contributed by atoms with E-state index in [1.165, 1.54) is 15.3 Å². The molecule has 8 nitrogen and oxygen atoms in total. The molecule has 10 heteroatoms. The van der Waals surface area contributed by atoms with Crippen molar-refractivity contribution < 1.29 is 33.9 Å². The van der Waals surface area contributed by atoms with Crippen molar-refractivity contribution in [3.8, 4) is 9.75 Å². The number of carbonyl (C=O) groups is 4. The van der Waals surface area contributed by atoms with Gasteiger partial charge >= 0.3 is 11.9 Å². The van der Waals surface area contributed by atoms with Crippen LogP contribution in [0.1, 0.15) is 50.5 Å². The summed E-state index contributed by atoms with van der Waals surface area (Å²) in [5.41, 5.74) is 1.18. The quantitative estimate of drug-likeness (QED) is 0.260. The van der Waals surface area contributed by atoms with E-state index in [1.54, 1.807) is 22.7 Å². The molecule has 2 amide bonds. The molecule has 1 saturated heterocycles. The minimum absolute atomic E-state index is 0.0340. The smallest absolute Gasteiger partial charge is 0.347 e. The Morgan fingerprint density at radius 1 is 1.03 bits per heavy atom. The van der Waals surface area contributed by atoms with Crippen molar-refractivity contribution in [3.05, 3.63) is 34.5 Å². The van der Waals surface area contributed by atoms with Crippen LogP contribution in [0.25, 0.3) is 9.75 Å². The molecule has 32 heavy (non-hydrogen) atoms. The normalized spacial score (nSPS) is 14.7. The second kappa shape index (κ2) is 11.9. The molecule has 0 radical (unpaired) electrons. The van der Waals surface area contributed by atoms with Crippen LogP contribution in [0.3, 0.4) is 0 Å². The van der Waals surface area contributed by atoms with Gasteiger partial charge in [0.2, 0.25) is 0 Å². The van der Waals surface area contributed by atoms with Crippen LogP contribution in [-0.2, 0) is 35.4 Å². The lowest BCUT2D eigenvalue weighted by molar-refractivity contribution is -0.202. The number of thiophene rings is 2. The summed E-state index contributed by atoms with van der Waals surface area (Å²) in [6.07, 6.45) is 2.94. The highest BCUT2D eigenvalue weighted by Gasteiger charge is 2.36. The summed E-state index contributed by atoms with van der Waals surface area (Å²) in [6.45, 7) is 1.15. The zero-order chi connectivity index (χ0) is 22.9. The van der Waals surface area contributed by atoms with Crippen molar-refractivity contribution in [2.24, 2.45) is 5.92 Å². The summed E-state index contributed by atoms with van der Waals surface area (Å²) in [5.74, 6) is -5.06. The molecule has 172 valence electrons. The maximum atomic E-state index is 12.1. The van der Waals surface area contributed by atoms with Crippen molar-refractivity contribution in [2.45, 2.75) is 51.6 Å². The standard InChI is InChI=1S/C22H25NO7S2/c24-18-8-9-19(25)23(18)30-22(28)16(21(26)27)6-3-1-2-4-11-29-14-15-10-13-32-20(15)17-7-5-12-31-17/h5,7,10,12-13,16H,1-4,6,8-9,11,14H2,(H,26,27). The average Bonchev–Trinajstić information content (AvgIpc) is 3.50. The second-order valence-corrected chi connectivity index (χ2v) is 9.25. The minimum Gasteiger partial charge on any atom is -0.481 e. The van der Waals surface area contributed by atoms with Gasteiger partial charge in [-0.25, -0.2) is 4.79 Å². The lowest BCUT2D eigenvalue weighted by atomic mass is 10.0. The van der Waals surface area contributed by atoms with Crippen molar-refractivity contribution in [1.29, 1.82) is 0 Å². The first-order chi connectivity index (χ1) is 15.5. The molecular formula is C22H25NO7S2. The van der Waals surface area contributed by atoms with Crippen LogP contribution in [0.15, 0.2) is 29.0 Å². The number of imide groups is 1. The fourth-order valence-electron chi connectivity index (χ4n) is 3.32. The van der Waals surface area contributed by atoms with Crippen molar-refractivity contribution in [3.63, 3.8) is 0 Å². The highest BCUT2D eigenvalue weighted by Crippen LogP contribution is 2.33. The molecule has 0 bridgehead atoms. The number of hydroxylamine groups is 2. The predicted octanol–water partition coefficient (Wildman–Crippen LogP) is 4.25. The number of carbonyl (C=O) groups excluding carboxylic acids is 3. The molecule has 0 spiro atoms. The van der Waals surface area contributed by atoms with E-state index < -0.39 is 29.7 Å². The molecule has 2 aromatic rings. The Labute approximate surface area is 193 Å². The van der Waals surface area contributed by atoms with Gasteiger partial charge in [-0.3, -0.25) is 14.4 Å². The third-order valence-electron chi connectivity index (χ3n) is 5.05. The Hall–Kier alpha value is -2.56. The summed E-state index contributed by atoms with van der Waals surface area (Å²) in [5, 5.41) is 13.8. The maximum absolute atomic E-state index is 12.1. The number of amides is 2. The summed E-state index contributed by atoms with van der Waals surface area (Å²) in [6, 6.07) is 6.21. The van der Waals surface area contributed by atoms with Crippen LogP contribution in [0.4, 0.5) is 0 Å². The van der Waals surface area contributed by atoms with E-state index >= 15 is 0 Å². The van der Waals surface area contributed by atoms with E-state index in [-0.39, 0.29) is 19.3 Å². The number of carboxylic acid groups (broad SMARTS) is 1. The SMILES string of the molecule is O=C(O)C(CCCCCCOCc1ccsc1-c1cccs1)C(=O)ON1C(=O)CCC1=O. The van der Waals surface area contributed by atoms with Crippen molar-refractivity contribution in [2.75, 3.05) is 6.61 Å². The highest BCUT2D eigenvalue weighted by molar-refractivity contribution is 7.20. The molecule has 1 aliphatic heterocycles. The Bertz CT molecular complexity index is 922. The van der Waals surface area contributed by atoms with Gasteiger partial charge in [0.05, 0.1) is 6.61 Å². The van der Waals surface area contributed by atoms with Crippen LogP contribution in [-0.4, -0.2) is 40.5 Å². The first kappa shape index (κ1) is 24.1. The van der Waals surface area contributed by atoms with Gasteiger partial charge in [-0.15, -0.1) is 27.7 Å². The van der Waals surface area contributed by atoms with Gasteiger partial charge in [0.1, 0.15) is 0 Å². The molecule has 1 unspecified atom stereocenters. The maximum Gasteiger partial charge on any atom is 0.347 e. The van der Waals surface area contributed by atoms with Gasteiger partial charge < -0.3 is 14.7 Å². The second-order valence-electron chi connectivity index (χ2n) is 7.39. The average molecular weight is 480 g/mol. The molecule has 3 rings (SSSR count). The molecule has 1 atom stereocenters. The Balaban J connectivity index is 1.31. The van der Waals surface area contributed by atoms with E-state index in [0.717, 1.165) is 19.3 Å². The van der Waals surface area contributed by atoms with Gasteiger partial charge in [0.15, 0.2) is 5.92 Å². The van der Waals surface area contributed by atoms with Crippen LogP contribution in [0, 0.1) is 5.92 Å². The molecule has 1 N–H and O–H groups in total. The monoisotopic (exact) mass is 479 g/mol. The lowest BCUT2D eigenvalue weighted by Crippen LogP contribution is -2.36. The zero-order valence-electron chi connectivity index (χ0n) is 17.5. The number of ether oxygens (including phenoxy) is 1. The summed E-state index contributed by atoms with van der Waals surface area (Å²) >= 11 is 3.41. The molecule has 1 aliphatic rings. The van der Waals surface area contributed by atoms with E-state index in [9.17, 15) is 24.3 Å². The largest absolute Gasteiger partial charge is 0.481 e. The van der Waals surface area contributed by atoms with E-state index in [1.807, 2.05) is 6.07 Å². The van der Waals surface area contributed by atoms with Crippen molar-refractivity contribution in [1.82, 2.24) is 5.06 Å². The van der Waals surface area contributed by atoms with E-state index in [2.05, 4.69) is 22.9 Å². The Morgan fingerprint density at radius 2 is 1.78 bits per heavy atom. The molecule has 0 aliphatic carbocycles. The molecule has 0 saturated carbocycles. The number of nitrogens with zero attached hydrogens (tertiary/aromatic N) is 1. The van der Waals surface area contributed by atoms with Gasteiger partial charge in [0.25, 0.3) is 11.8 Å². The number of hydrogen-bond acceptors (Lipinski definition) is 8. The van der Waals surface area contributed by atoms with Crippen LogP contribution in [0.5, 0.6) is 0 Å². The fraction of sp³-hybridized carbons (Fsp3) is 0.455. The van der Waals surface area contributed by atoms with Gasteiger partial charge in [-0.05, 0) is 41.3 Å². The highest BCUT2D eigenvalue weighted by atomic mass is 32.1. The summed E-state index contributed by atoms with van der Waals surface area (Å²) in [4.78, 5) is 53.8. The van der Waals surface area contributed by atoms with Gasteiger partial charge in [0, 0.05) is 29.2 Å². The van der Waals surface area contributed by atoms with Crippen LogP contribution in [0.2, 0.25) is 0 Å². The lowest BCUT2D eigenvalue weighted by Gasteiger charge is -2.16. The Kier molecular flexibility index (Phi) is 8.95. The molecule has 0 aromatic carbocycles. The first-order valence-corrected chi connectivity index (χ1v) is 12.2. The fourth-order valence-corrected chi connectivity index (χ4v) is 5.13. The van der Waals surface area contributed by atoms with E-state index in [0.29, 0.717) is 24.7 Å². The zero-order valence-corrected chi connectivity index (χ0v) is 19.1. The van der Waals surface area contributed by atoms with Crippen LogP contribution < -0.4 is 0 Å². The topological polar surface area (TPSA) is 110 Å². The number of rotatable bonds is 13. The predicted molar refractivity (Wildman–Crippen MR) is 119 cm³/mol. The van der Waals surface area contributed by atoms with Gasteiger partial charge in [-0.1, -0.05) is 25.3 Å². The minimum atomic E-state index is -1.40. The number of unbranched alkanes of at least 4 members (excludes halogenated alkanes) is 3. The van der Waals surface area contributed by atoms with Crippen LogP contribution >= 0.6 is 22.7 Å². The molecule has 3 heterocycles. The summed E-state index contributed by atoms with van der Waals surface area (Å²) < 4.78 is 5.79. The third kappa shape index (κ3) is 6.47. The molecule has 1 fully saturated rings. The third-order valence-corrected chi connectivity index (χ3v) is 7.06. The first-order valence-electron chi connectivity index (χ1n) is 10.5. The molecule has 2 aromatic heterocycles. The summed E-state index contributed by atoms with van der Waals surface area (Å²) in [7, 11) is 0. The molecular weight excluding hydrogens is 454 g/mol. The number of carboxylic acids is 1.